The number of nitrogens with two attached hydrogens (primary N) is 1. The quantitative estimate of drug-likeness (QED) is 0.322. The summed E-state index contributed by atoms with van der Waals surface area (Å²) < 4.78 is 1.62. The van der Waals surface area contributed by atoms with Crippen molar-refractivity contribution in [3.8, 4) is 11.1 Å². The summed E-state index contributed by atoms with van der Waals surface area (Å²) in [6, 6.07) is 5.43. The number of aromatic amines is 1. The van der Waals surface area contributed by atoms with Gasteiger partial charge in [0, 0.05) is 53.6 Å². The van der Waals surface area contributed by atoms with E-state index in [4.69, 9.17) is 10.7 Å². The molecule has 2 aliphatic rings. The van der Waals surface area contributed by atoms with Crippen molar-refractivity contribution in [2.45, 2.75) is 50.6 Å². The molecule has 6 rings (SSSR count). The van der Waals surface area contributed by atoms with Crippen LogP contribution in [-0.2, 0) is 0 Å². The molecule has 6 heterocycles. The highest BCUT2D eigenvalue weighted by Gasteiger charge is 2.45. The van der Waals surface area contributed by atoms with Crippen molar-refractivity contribution < 1.29 is 9.59 Å². The van der Waals surface area contributed by atoms with Gasteiger partial charge in [-0.05, 0) is 44.7 Å². The second-order valence-corrected chi connectivity index (χ2v) is 9.42. The number of hydrogen-bond donors (Lipinski definition) is 4. The topological polar surface area (TPSA) is 172 Å². The monoisotopic (exact) mass is 501 g/mol. The molecular formula is C24H27N11O2. The van der Waals surface area contributed by atoms with Gasteiger partial charge in [-0.3, -0.25) is 15.2 Å². The Balaban J connectivity index is 1.26. The highest BCUT2D eigenvalue weighted by atomic mass is 16.2. The zero-order chi connectivity index (χ0) is 25.5. The number of amides is 3. The van der Waals surface area contributed by atoms with Crippen LogP contribution in [0.15, 0.2) is 36.9 Å². The van der Waals surface area contributed by atoms with Crippen LogP contribution in [0.2, 0.25) is 0 Å². The highest BCUT2D eigenvalue weighted by molar-refractivity contribution is 5.91. The van der Waals surface area contributed by atoms with Gasteiger partial charge in [-0.25, -0.2) is 19.7 Å². The van der Waals surface area contributed by atoms with E-state index in [2.05, 4.69) is 35.9 Å². The summed E-state index contributed by atoms with van der Waals surface area (Å²) in [7, 11) is 0. The number of nitrogens with one attached hydrogen (secondary N) is 3. The molecule has 190 valence electrons. The molecule has 2 bridgehead atoms. The summed E-state index contributed by atoms with van der Waals surface area (Å²) in [6.07, 6.45) is 8.29. The van der Waals surface area contributed by atoms with Crippen LogP contribution in [-0.4, -0.2) is 70.2 Å². The molecule has 0 aliphatic carbocycles. The molecule has 3 amide bonds. The van der Waals surface area contributed by atoms with Crippen LogP contribution in [0.3, 0.4) is 0 Å². The average molecular weight is 502 g/mol. The van der Waals surface area contributed by atoms with Gasteiger partial charge >= 0.3 is 6.03 Å². The Labute approximate surface area is 211 Å². The number of nitrogen functional groups attached to an aromatic ring is 1. The van der Waals surface area contributed by atoms with Crippen molar-refractivity contribution in [1.82, 2.24) is 45.0 Å². The van der Waals surface area contributed by atoms with E-state index in [0.717, 1.165) is 42.5 Å². The van der Waals surface area contributed by atoms with Crippen LogP contribution in [0, 0.1) is 0 Å². The number of piperidine rings is 1. The molecule has 2 saturated heterocycles. The van der Waals surface area contributed by atoms with Crippen molar-refractivity contribution in [3.63, 3.8) is 0 Å². The minimum absolute atomic E-state index is 0.0953. The van der Waals surface area contributed by atoms with E-state index in [1.165, 1.54) is 6.33 Å². The fourth-order valence-corrected chi connectivity index (χ4v) is 5.55. The number of carbonyl (C=O) groups excluding carboxylic acids is 2. The van der Waals surface area contributed by atoms with E-state index in [9.17, 15) is 9.59 Å². The van der Waals surface area contributed by atoms with Crippen LogP contribution in [0.1, 0.15) is 54.8 Å². The number of nitrogens with zero attached hydrogens (tertiary/aromatic N) is 7. The maximum atomic E-state index is 13.0. The van der Waals surface area contributed by atoms with Crippen molar-refractivity contribution in [3.05, 3.63) is 48.4 Å². The minimum Gasteiger partial charge on any atom is -0.384 e. The molecule has 0 aromatic carbocycles. The minimum atomic E-state index is -0.305. The second kappa shape index (κ2) is 9.15. The Bertz CT molecular complexity index is 1430. The van der Waals surface area contributed by atoms with Crippen LogP contribution >= 0.6 is 0 Å². The molecule has 0 saturated carbocycles. The van der Waals surface area contributed by atoms with Gasteiger partial charge in [-0.15, -0.1) is 0 Å². The largest absolute Gasteiger partial charge is 0.384 e. The Hall–Kier alpha value is -4.55. The number of rotatable bonds is 5. The maximum Gasteiger partial charge on any atom is 0.320 e. The van der Waals surface area contributed by atoms with Crippen LogP contribution < -0.4 is 16.4 Å². The molecule has 2 aliphatic heterocycles. The predicted molar refractivity (Wildman–Crippen MR) is 135 cm³/mol. The first-order valence-corrected chi connectivity index (χ1v) is 12.3. The number of urea groups is 1. The Kier molecular flexibility index (Phi) is 5.66. The SMILES string of the molecule is CCNC(=O)Nc1ccc(-c2cnn3c(N)cc(C4C[C@H]5CC[C@@H](C4)N5C(=O)c4ncn[nH]4)nc23)cn1. The lowest BCUT2D eigenvalue weighted by Gasteiger charge is -2.38. The van der Waals surface area contributed by atoms with Gasteiger partial charge in [0.05, 0.1) is 6.20 Å². The summed E-state index contributed by atoms with van der Waals surface area (Å²) in [5, 5.41) is 16.3. The highest BCUT2D eigenvalue weighted by Crippen LogP contribution is 2.43. The molecule has 0 radical (unpaired) electrons. The van der Waals surface area contributed by atoms with Gasteiger partial charge in [-0.2, -0.15) is 14.7 Å². The third-order valence-corrected chi connectivity index (χ3v) is 7.18. The van der Waals surface area contributed by atoms with E-state index >= 15 is 0 Å². The zero-order valence-corrected chi connectivity index (χ0v) is 20.3. The summed E-state index contributed by atoms with van der Waals surface area (Å²) in [5.74, 6) is 1.31. The van der Waals surface area contributed by atoms with E-state index in [1.807, 2.05) is 24.0 Å². The molecule has 0 spiro atoms. The Morgan fingerprint density at radius 2 is 1.97 bits per heavy atom. The van der Waals surface area contributed by atoms with E-state index in [0.29, 0.717) is 23.8 Å². The van der Waals surface area contributed by atoms with Gasteiger partial charge in [0.25, 0.3) is 5.91 Å². The molecule has 37 heavy (non-hydrogen) atoms. The summed E-state index contributed by atoms with van der Waals surface area (Å²) in [6.45, 7) is 2.38. The van der Waals surface area contributed by atoms with Crippen molar-refractivity contribution in [2.75, 3.05) is 17.6 Å². The smallest absolute Gasteiger partial charge is 0.320 e. The van der Waals surface area contributed by atoms with Crippen molar-refractivity contribution in [1.29, 1.82) is 0 Å². The first-order chi connectivity index (χ1) is 18.0. The first-order valence-electron chi connectivity index (χ1n) is 12.3. The third kappa shape index (κ3) is 4.11. The molecule has 5 N–H and O–H groups in total. The number of fused-ring (bicyclic) bond motifs is 3. The van der Waals surface area contributed by atoms with Crippen molar-refractivity contribution >= 4 is 29.2 Å². The number of aromatic nitrogens is 7. The molecule has 13 heteroatoms. The zero-order valence-electron chi connectivity index (χ0n) is 20.3. The standard InChI is InChI=1S/C24H27N11O2/c1-2-26-24(37)32-20-6-3-13(10-27-20)17-11-30-35-19(25)9-18(31-22(17)35)14-7-15-4-5-16(8-14)34(15)23(36)21-28-12-29-33-21/h3,6,9-12,14-16H,2,4-5,7-8,25H2,1H3,(H,28,29,33)(H2,26,27,32,37)/t14?,15-,16+. The lowest BCUT2D eigenvalue weighted by atomic mass is 9.87. The summed E-state index contributed by atoms with van der Waals surface area (Å²) in [4.78, 5) is 40.1. The van der Waals surface area contributed by atoms with E-state index in [1.54, 1.807) is 23.0 Å². The van der Waals surface area contributed by atoms with E-state index < -0.39 is 0 Å². The first kappa shape index (κ1) is 22.9. The molecule has 2 fully saturated rings. The van der Waals surface area contributed by atoms with Crippen molar-refractivity contribution in [2.24, 2.45) is 0 Å². The van der Waals surface area contributed by atoms with Gasteiger partial charge in [0.2, 0.25) is 5.82 Å². The number of hydrogen-bond acceptors (Lipinski definition) is 8. The summed E-state index contributed by atoms with van der Waals surface area (Å²) >= 11 is 0. The molecule has 13 nitrogen and oxygen atoms in total. The van der Waals surface area contributed by atoms with Crippen LogP contribution in [0.5, 0.6) is 0 Å². The number of anilines is 2. The Morgan fingerprint density at radius 1 is 1.16 bits per heavy atom. The second-order valence-electron chi connectivity index (χ2n) is 9.42. The molecule has 4 aromatic heterocycles. The maximum absolute atomic E-state index is 13.0. The Morgan fingerprint density at radius 3 is 2.65 bits per heavy atom. The lowest BCUT2D eigenvalue weighted by molar-refractivity contribution is 0.0557. The summed E-state index contributed by atoms with van der Waals surface area (Å²) in [5.41, 5.74) is 9.55. The average Bonchev–Trinajstić information content (AvgIpc) is 3.63. The molecular weight excluding hydrogens is 474 g/mol. The van der Waals surface area contributed by atoms with Gasteiger partial charge < -0.3 is 16.0 Å². The molecule has 1 unspecified atom stereocenters. The number of pyridine rings is 1. The molecule has 4 aromatic rings. The number of H-pyrrole nitrogens is 1. The van der Waals surface area contributed by atoms with E-state index in [-0.39, 0.29) is 35.8 Å². The normalized spacial score (nSPS) is 20.8. The number of carbonyl (C=O) groups is 2. The van der Waals surface area contributed by atoms with Gasteiger partial charge in [-0.1, -0.05) is 0 Å². The third-order valence-electron chi connectivity index (χ3n) is 7.18. The lowest BCUT2D eigenvalue weighted by Crippen LogP contribution is -2.46. The van der Waals surface area contributed by atoms with Gasteiger partial charge in [0.1, 0.15) is 18.0 Å². The fourth-order valence-electron chi connectivity index (χ4n) is 5.55. The van der Waals surface area contributed by atoms with Crippen LogP contribution in [0.4, 0.5) is 16.4 Å². The van der Waals surface area contributed by atoms with Crippen LogP contribution in [0.25, 0.3) is 16.8 Å². The predicted octanol–water partition coefficient (Wildman–Crippen LogP) is 2.18. The fraction of sp³-hybridized carbons (Fsp3) is 0.375. The van der Waals surface area contributed by atoms with Gasteiger partial charge in [0.15, 0.2) is 5.65 Å². The molecule has 3 atom stereocenters.